The standard InChI is InChI=1S/C29H27ClN2O6S/c1-18-8-9-19(2)22(14-18)31-27(33)17-38-23-11-10-20(15-21(23)30)16-26-28(34)32(29(35)39-26)12-13-37-25-7-5-4-6-24(25)36-3/h4-11,14-16H,12-13,17H2,1-3H3,(H,31,33)/b26-16-. The van der Waals surface area contributed by atoms with Crippen molar-refractivity contribution >= 4 is 52.2 Å². The van der Waals surface area contributed by atoms with Crippen LogP contribution in [0.4, 0.5) is 10.5 Å². The number of thioether (sulfide) groups is 1. The van der Waals surface area contributed by atoms with Crippen LogP contribution in [-0.2, 0) is 9.59 Å². The molecule has 202 valence electrons. The topological polar surface area (TPSA) is 94.2 Å². The molecule has 1 aliphatic rings. The van der Waals surface area contributed by atoms with E-state index in [0.29, 0.717) is 22.8 Å². The van der Waals surface area contributed by atoms with Gasteiger partial charge in [-0.15, -0.1) is 0 Å². The fourth-order valence-electron chi connectivity index (χ4n) is 3.75. The maximum absolute atomic E-state index is 12.8. The van der Waals surface area contributed by atoms with Gasteiger partial charge in [-0.05, 0) is 78.7 Å². The summed E-state index contributed by atoms with van der Waals surface area (Å²) >= 11 is 7.22. The second-order valence-electron chi connectivity index (χ2n) is 8.68. The second kappa shape index (κ2) is 12.7. The number of nitrogens with zero attached hydrogens (tertiary/aromatic N) is 1. The predicted molar refractivity (Wildman–Crippen MR) is 153 cm³/mol. The Bertz CT molecular complexity index is 1440. The van der Waals surface area contributed by atoms with Crippen molar-refractivity contribution in [3.05, 3.63) is 87.3 Å². The Morgan fingerprint density at radius 1 is 1.00 bits per heavy atom. The lowest BCUT2D eigenvalue weighted by atomic mass is 10.1. The minimum absolute atomic E-state index is 0.0950. The highest BCUT2D eigenvalue weighted by atomic mass is 35.5. The normalized spacial score (nSPS) is 14.1. The van der Waals surface area contributed by atoms with E-state index >= 15 is 0 Å². The number of benzene rings is 3. The second-order valence-corrected chi connectivity index (χ2v) is 10.1. The van der Waals surface area contributed by atoms with E-state index in [4.69, 9.17) is 25.8 Å². The minimum Gasteiger partial charge on any atom is -0.493 e. The Kier molecular flexibility index (Phi) is 9.16. The van der Waals surface area contributed by atoms with Crippen LogP contribution in [0.5, 0.6) is 17.2 Å². The summed E-state index contributed by atoms with van der Waals surface area (Å²) < 4.78 is 16.5. The molecule has 3 aromatic carbocycles. The average molecular weight is 567 g/mol. The number of imide groups is 1. The molecule has 1 aliphatic heterocycles. The van der Waals surface area contributed by atoms with Gasteiger partial charge in [0.2, 0.25) is 0 Å². The maximum Gasteiger partial charge on any atom is 0.293 e. The number of aryl methyl sites for hydroxylation is 2. The molecule has 3 aromatic rings. The molecule has 0 radical (unpaired) electrons. The number of anilines is 1. The number of halogens is 1. The first-order valence-corrected chi connectivity index (χ1v) is 13.2. The lowest BCUT2D eigenvalue weighted by molar-refractivity contribution is -0.123. The number of rotatable bonds is 10. The van der Waals surface area contributed by atoms with Crippen molar-refractivity contribution in [3.8, 4) is 17.2 Å². The minimum atomic E-state index is -0.409. The largest absolute Gasteiger partial charge is 0.493 e. The van der Waals surface area contributed by atoms with Crippen LogP contribution in [0.15, 0.2) is 65.6 Å². The molecule has 4 rings (SSSR count). The lowest BCUT2D eigenvalue weighted by Crippen LogP contribution is -2.32. The van der Waals surface area contributed by atoms with E-state index < -0.39 is 5.91 Å². The molecule has 0 unspecified atom stereocenters. The zero-order valence-corrected chi connectivity index (χ0v) is 23.2. The molecule has 1 heterocycles. The molecule has 1 saturated heterocycles. The average Bonchev–Trinajstić information content (AvgIpc) is 3.17. The maximum atomic E-state index is 12.8. The Morgan fingerprint density at radius 3 is 2.51 bits per heavy atom. The van der Waals surface area contributed by atoms with Crippen molar-refractivity contribution in [1.29, 1.82) is 0 Å². The fraction of sp³-hybridized carbons (Fsp3) is 0.207. The number of ether oxygens (including phenoxy) is 3. The molecule has 1 fully saturated rings. The van der Waals surface area contributed by atoms with E-state index in [1.54, 1.807) is 43.5 Å². The van der Waals surface area contributed by atoms with Gasteiger partial charge in [0.15, 0.2) is 18.1 Å². The van der Waals surface area contributed by atoms with Gasteiger partial charge in [0.05, 0.1) is 23.6 Å². The number of amides is 3. The predicted octanol–water partition coefficient (Wildman–Crippen LogP) is 6.10. The Hall–Kier alpha value is -3.95. The summed E-state index contributed by atoms with van der Waals surface area (Å²) in [5.41, 5.74) is 3.33. The van der Waals surface area contributed by atoms with Crippen molar-refractivity contribution in [3.63, 3.8) is 0 Å². The molecule has 39 heavy (non-hydrogen) atoms. The quantitative estimate of drug-likeness (QED) is 0.296. The van der Waals surface area contributed by atoms with E-state index in [9.17, 15) is 14.4 Å². The summed E-state index contributed by atoms with van der Waals surface area (Å²) in [4.78, 5) is 39.1. The molecule has 1 N–H and O–H groups in total. The molecule has 3 amide bonds. The van der Waals surface area contributed by atoms with E-state index in [-0.39, 0.29) is 40.8 Å². The van der Waals surface area contributed by atoms with Crippen LogP contribution >= 0.6 is 23.4 Å². The lowest BCUT2D eigenvalue weighted by Gasteiger charge is -2.14. The zero-order valence-electron chi connectivity index (χ0n) is 21.7. The third-order valence-corrected chi connectivity index (χ3v) is 7.00. The molecule has 0 aliphatic carbocycles. The highest BCUT2D eigenvalue weighted by Gasteiger charge is 2.34. The van der Waals surface area contributed by atoms with Gasteiger partial charge in [0.1, 0.15) is 12.4 Å². The molecule has 0 bridgehead atoms. The third kappa shape index (κ3) is 7.13. The van der Waals surface area contributed by atoms with Crippen molar-refractivity contribution in [2.75, 3.05) is 32.2 Å². The monoisotopic (exact) mass is 566 g/mol. The summed E-state index contributed by atoms with van der Waals surface area (Å²) in [6.07, 6.45) is 1.59. The smallest absolute Gasteiger partial charge is 0.293 e. The number of para-hydroxylation sites is 2. The van der Waals surface area contributed by atoms with Crippen LogP contribution in [0.25, 0.3) is 6.08 Å². The molecule has 0 saturated carbocycles. The van der Waals surface area contributed by atoms with Gasteiger partial charge in [-0.2, -0.15) is 0 Å². The fourth-order valence-corrected chi connectivity index (χ4v) is 4.86. The molecule has 8 nitrogen and oxygen atoms in total. The zero-order chi connectivity index (χ0) is 27.9. The summed E-state index contributed by atoms with van der Waals surface area (Å²) in [5.74, 6) is 0.701. The molecular weight excluding hydrogens is 540 g/mol. The van der Waals surface area contributed by atoms with E-state index in [0.717, 1.165) is 33.5 Å². The summed E-state index contributed by atoms with van der Waals surface area (Å²) in [6.45, 7) is 3.86. The van der Waals surface area contributed by atoms with Gasteiger partial charge in [-0.3, -0.25) is 19.3 Å². The van der Waals surface area contributed by atoms with E-state index in [2.05, 4.69) is 5.32 Å². The van der Waals surface area contributed by atoms with Crippen LogP contribution in [0.3, 0.4) is 0 Å². The first-order valence-electron chi connectivity index (χ1n) is 12.1. The van der Waals surface area contributed by atoms with Crippen LogP contribution < -0.4 is 19.5 Å². The van der Waals surface area contributed by atoms with Gasteiger partial charge in [-0.1, -0.05) is 41.9 Å². The summed E-state index contributed by atoms with van der Waals surface area (Å²) in [6, 6.07) is 17.9. The van der Waals surface area contributed by atoms with Crippen molar-refractivity contribution < 1.29 is 28.6 Å². The highest BCUT2D eigenvalue weighted by molar-refractivity contribution is 8.18. The Labute approximate surface area is 235 Å². The van der Waals surface area contributed by atoms with Crippen LogP contribution in [0.1, 0.15) is 16.7 Å². The van der Waals surface area contributed by atoms with E-state index in [1.165, 1.54) is 0 Å². The summed E-state index contributed by atoms with van der Waals surface area (Å²) in [7, 11) is 1.54. The molecule has 0 spiro atoms. The molecule has 10 heteroatoms. The van der Waals surface area contributed by atoms with Crippen LogP contribution in [0, 0.1) is 13.8 Å². The van der Waals surface area contributed by atoms with Crippen molar-refractivity contribution in [2.45, 2.75) is 13.8 Å². The van der Waals surface area contributed by atoms with Gasteiger partial charge < -0.3 is 19.5 Å². The summed E-state index contributed by atoms with van der Waals surface area (Å²) in [5, 5.41) is 2.73. The Balaban J connectivity index is 1.33. The van der Waals surface area contributed by atoms with Crippen LogP contribution in [0.2, 0.25) is 5.02 Å². The Morgan fingerprint density at radius 2 is 1.77 bits per heavy atom. The first-order chi connectivity index (χ1) is 18.7. The first kappa shape index (κ1) is 28.1. The van der Waals surface area contributed by atoms with Crippen molar-refractivity contribution in [1.82, 2.24) is 4.90 Å². The highest BCUT2D eigenvalue weighted by Crippen LogP contribution is 2.34. The van der Waals surface area contributed by atoms with E-state index in [1.807, 2.05) is 44.2 Å². The van der Waals surface area contributed by atoms with Gasteiger partial charge in [-0.25, -0.2) is 0 Å². The number of carbonyl (C=O) groups is 3. The van der Waals surface area contributed by atoms with Gasteiger partial charge >= 0.3 is 0 Å². The molecule has 0 aromatic heterocycles. The number of hydrogen-bond acceptors (Lipinski definition) is 7. The molecular formula is C29H27ClN2O6S. The molecule has 0 atom stereocenters. The SMILES string of the molecule is COc1ccccc1OCCN1C(=O)S/C(=C\c2ccc(OCC(=O)Nc3cc(C)ccc3C)c(Cl)c2)C1=O. The third-order valence-electron chi connectivity index (χ3n) is 5.79. The number of methoxy groups -OCH3 is 1. The van der Waals surface area contributed by atoms with Crippen LogP contribution in [-0.4, -0.2) is 48.8 Å². The van der Waals surface area contributed by atoms with Gasteiger partial charge in [0, 0.05) is 5.69 Å². The van der Waals surface area contributed by atoms with Crippen molar-refractivity contribution in [2.24, 2.45) is 0 Å². The number of hydrogen-bond donors (Lipinski definition) is 1. The number of nitrogens with one attached hydrogen (secondary N) is 1. The number of carbonyl (C=O) groups excluding carboxylic acids is 3. The van der Waals surface area contributed by atoms with Gasteiger partial charge in [0.25, 0.3) is 17.1 Å².